The van der Waals surface area contributed by atoms with E-state index >= 15 is 0 Å². The number of ether oxygens (including phenoxy) is 1. The van der Waals surface area contributed by atoms with E-state index in [0.717, 1.165) is 5.56 Å². The van der Waals surface area contributed by atoms with Crippen LogP contribution in [0.25, 0.3) is 0 Å². The van der Waals surface area contributed by atoms with Crippen LogP contribution >= 0.6 is 0 Å². The highest BCUT2D eigenvalue weighted by Crippen LogP contribution is 2.12. The average molecular weight is 302 g/mol. The lowest BCUT2D eigenvalue weighted by Crippen LogP contribution is -2.28. The van der Waals surface area contributed by atoms with Gasteiger partial charge in [-0.3, -0.25) is 0 Å². The lowest BCUT2D eigenvalue weighted by Gasteiger charge is -2.08. The maximum atomic E-state index is 13.4. The lowest BCUT2D eigenvalue weighted by atomic mass is 10.1. The summed E-state index contributed by atoms with van der Waals surface area (Å²) in [6, 6.07) is 12.0. The van der Waals surface area contributed by atoms with Gasteiger partial charge >= 0.3 is 12.0 Å². The molecule has 2 rings (SSSR count). The summed E-state index contributed by atoms with van der Waals surface area (Å²) in [5.41, 5.74) is 1.35. The molecule has 2 aromatic carbocycles. The smallest absolute Gasteiger partial charge is 0.337 e. The van der Waals surface area contributed by atoms with Gasteiger partial charge in [0.1, 0.15) is 5.82 Å². The maximum Gasteiger partial charge on any atom is 0.337 e. The van der Waals surface area contributed by atoms with Crippen molar-refractivity contribution in [2.45, 2.75) is 6.54 Å². The molecule has 2 aromatic rings. The molecule has 2 amide bonds. The van der Waals surface area contributed by atoms with Crippen molar-refractivity contribution >= 4 is 17.7 Å². The first-order valence-corrected chi connectivity index (χ1v) is 6.57. The number of amides is 2. The highest BCUT2D eigenvalue weighted by molar-refractivity contribution is 5.90. The molecule has 5 nitrogen and oxygen atoms in total. The highest BCUT2D eigenvalue weighted by Gasteiger charge is 2.07. The minimum Gasteiger partial charge on any atom is -0.465 e. The monoisotopic (exact) mass is 302 g/mol. The summed E-state index contributed by atoms with van der Waals surface area (Å²) in [5, 5.41) is 5.02. The van der Waals surface area contributed by atoms with Gasteiger partial charge in [0.05, 0.1) is 18.4 Å². The van der Waals surface area contributed by atoms with E-state index in [4.69, 9.17) is 0 Å². The Morgan fingerprint density at radius 2 is 1.77 bits per heavy atom. The molecule has 0 fully saturated rings. The molecule has 0 aliphatic carbocycles. The molecule has 0 aromatic heterocycles. The molecule has 0 bridgehead atoms. The van der Waals surface area contributed by atoms with E-state index in [2.05, 4.69) is 15.4 Å². The molecule has 0 saturated heterocycles. The Labute approximate surface area is 127 Å². The summed E-state index contributed by atoms with van der Waals surface area (Å²) in [7, 11) is 1.31. The van der Waals surface area contributed by atoms with E-state index in [9.17, 15) is 14.0 Å². The Kier molecular flexibility index (Phi) is 5.08. The third kappa shape index (κ3) is 4.05. The van der Waals surface area contributed by atoms with Crippen LogP contribution in [-0.4, -0.2) is 19.1 Å². The Bertz CT molecular complexity index is 671. The summed E-state index contributed by atoms with van der Waals surface area (Å²) in [6.07, 6.45) is 0. The molecule has 0 aliphatic heterocycles. The molecule has 0 radical (unpaired) electrons. The van der Waals surface area contributed by atoms with Crippen LogP contribution < -0.4 is 10.6 Å². The lowest BCUT2D eigenvalue weighted by molar-refractivity contribution is 0.0600. The Hall–Kier alpha value is -2.89. The number of rotatable bonds is 4. The SMILES string of the molecule is COC(=O)c1ccc(CNC(=O)Nc2ccccc2F)cc1. The Balaban J connectivity index is 1.89. The van der Waals surface area contributed by atoms with Gasteiger partial charge in [0, 0.05) is 6.54 Å². The van der Waals surface area contributed by atoms with E-state index in [-0.39, 0.29) is 12.2 Å². The van der Waals surface area contributed by atoms with Gasteiger partial charge in [0.25, 0.3) is 0 Å². The van der Waals surface area contributed by atoms with Gasteiger partial charge in [0.2, 0.25) is 0 Å². The van der Waals surface area contributed by atoms with Crippen LogP contribution in [0.1, 0.15) is 15.9 Å². The number of carbonyl (C=O) groups excluding carboxylic acids is 2. The van der Waals surface area contributed by atoms with Crippen molar-refractivity contribution in [3.05, 3.63) is 65.5 Å². The zero-order valence-electron chi connectivity index (χ0n) is 11.9. The van der Waals surface area contributed by atoms with Crippen LogP contribution in [0.2, 0.25) is 0 Å². The van der Waals surface area contributed by atoms with Crippen molar-refractivity contribution < 1.29 is 18.7 Å². The van der Waals surface area contributed by atoms with Crippen LogP contribution in [0.3, 0.4) is 0 Å². The molecule has 114 valence electrons. The predicted molar refractivity (Wildman–Crippen MR) is 80.0 cm³/mol. The molecule has 22 heavy (non-hydrogen) atoms. The first kappa shape index (κ1) is 15.5. The number of benzene rings is 2. The average Bonchev–Trinajstić information content (AvgIpc) is 2.55. The third-order valence-corrected chi connectivity index (χ3v) is 2.95. The van der Waals surface area contributed by atoms with E-state index in [1.54, 1.807) is 36.4 Å². The van der Waals surface area contributed by atoms with E-state index in [1.165, 1.54) is 19.2 Å². The molecule has 0 heterocycles. The fourth-order valence-corrected chi connectivity index (χ4v) is 1.79. The van der Waals surface area contributed by atoms with Crippen LogP contribution in [-0.2, 0) is 11.3 Å². The third-order valence-electron chi connectivity index (χ3n) is 2.95. The summed E-state index contributed by atoms with van der Waals surface area (Å²) in [6.45, 7) is 0.252. The second-order valence-electron chi connectivity index (χ2n) is 4.48. The summed E-state index contributed by atoms with van der Waals surface area (Å²) in [5.74, 6) is -0.920. The molecule has 0 spiro atoms. The van der Waals surface area contributed by atoms with Crippen LogP contribution in [0.4, 0.5) is 14.9 Å². The van der Waals surface area contributed by atoms with Gasteiger partial charge in [-0.2, -0.15) is 0 Å². The topological polar surface area (TPSA) is 67.4 Å². The quantitative estimate of drug-likeness (QED) is 0.853. The zero-order chi connectivity index (χ0) is 15.9. The summed E-state index contributed by atoms with van der Waals surface area (Å²) < 4.78 is 18.0. The molecule has 0 saturated carbocycles. The molecule has 0 aliphatic rings. The normalized spacial score (nSPS) is 9.91. The largest absolute Gasteiger partial charge is 0.465 e. The number of hydrogen-bond acceptors (Lipinski definition) is 3. The number of anilines is 1. The van der Waals surface area contributed by atoms with Crippen molar-refractivity contribution in [2.24, 2.45) is 0 Å². The molecule has 0 atom stereocenters. The minimum atomic E-state index is -0.512. The van der Waals surface area contributed by atoms with Crippen LogP contribution in [0.15, 0.2) is 48.5 Å². The Morgan fingerprint density at radius 1 is 1.09 bits per heavy atom. The number of nitrogens with one attached hydrogen (secondary N) is 2. The van der Waals surface area contributed by atoms with E-state index < -0.39 is 17.8 Å². The number of esters is 1. The van der Waals surface area contributed by atoms with Gasteiger partial charge in [-0.05, 0) is 29.8 Å². The minimum absolute atomic E-state index is 0.112. The maximum absolute atomic E-state index is 13.4. The number of urea groups is 1. The highest BCUT2D eigenvalue weighted by atomic mass is 19.1. The van der Waals surface area contributed by atoms with Crippen molar-refractivity contribution in [2.75, 3.05) is 12.4 Å². The molecular weight excluding hydrogens is 287 g/mol. The predicted octanol–water partition coefficient (Wildman–Crippen LogP) is 2.93. The van der Waals surface area contributed by atoms with Crippen molar-refractivity contribution in [1.82, 2.24) is 5.32 Å². The fraction of sp³-hybridized carbons (Fsp3) is 0.125. The van der Waals surface area contributed by atoms with Crippen molar-refractivity contribution in [3.8, 4) is 0 Å². The zero-order valence-corrected chi connectivity index (χ0v) is 11.9. The molecule has 2 N–H and O–H groups in total. The standard InChI is InChI=1S/C16H15FN2O3/c1-22-15(20)12-8-6-11(7-9-12)10-18-16(21)19-14-5-3-2-4-13(14)17/h2-9H,10H2,1H3,(H2,18,19,21). The fourth-order valence-electron chi connectivity index (χ4n) is 1.79. The number of halogens is 1. The van der Waals surface area contributed by atoms with E-state index in [1.807, 2.05) is 0 Å². The number of carbonyl (C=O) groups is 2. The summed E-state index contributed by atoms with van der Waals surface area (Å²) >= 11 is 0. The van der Waals surface area contributed by atoms with Crippen molar-refractivity contribution in [1.29, 1.82) is 0 Å². The van der Waals surface area contributed by atoms with Crippen LogP contribution in [0, 0.1) is 5.82 Å². The first-order valence-electron chi connectivity index (χ1n) is 6.57. The van der Waals surface area contributed by atoms with Crippen LogP contribution in [0.5, 0.6) is 0 Å². The van der Waals surface area contributed by atoms with Gasteiger partial charge in [-0.1, -0.05) is 24.3 Å². The molecule has 0 unspecified atom stereocenters. The van der Waals surface area contributed by atoms with Gasteiger partial charge < -0.3 is 15.4 Å². The molecular formula is C16H15FN2O3. The van der Waals surface area contributed by atoms with Gasteiger partial charge in [-0.25, -0.2) is 14.0 Å². The number of methoxy groups -OCH3 is 1. The van der Waals surface area contributed by atoms with Gasteiger partial charge in [0.15, 0.2) is 0 Å². The van der Waals surface area contributed by atoms with E-state index in [0.29, 0.717) is 5.56 Å². The van der Waals surface area contributed by atoms with Gasteiger partial charge in [-0.15, -0.1) is 0 Å². The molecule has 6 heteroatoms. The summed E-state index contributed by atoms with van der Waals surface area (Å²) in [4.78, 5) is 23.0. The number of hydrogen-bond donors (Lipinski definition) is 2. The van der Waals surface area contributed by atoms with Crippen molar-refractivity contribution in [3.63, 3.8) is 0 Å². The first-order chi connectivity index (χ1) is 10.6. The Morgan fingerprint density at radius 3 is 2.41 bits per heavy atom. The second kappa shape index (κ2) is 7.21. The second-order valence-corrected chi connectivity index (χ2v) is 4.48. The number of para-hydroxylation sites is 1.